The van der Waals surface area contributed by atoms with Crippen molar-refractivity contribution in [3.05, 3.63) is 35.4 Å². The van der Waals surface area contributed by atoms with Crippen LogP contribution >= 0.6 is 0 Å². The maximum atomic E-state index is 12.5. The topological polar surface area (TPSA) is 32.3 Å². The van der Waals surface area contributed by atoms with Gasteiger partial charge in [-0.2, -0.15) is 0 Å². The molecule has 0 aromatic heterocycles. The second-order valence-electron chi connectivity index (χ2n) is 4.38. The zero-order valence-corrected chi connectivity index (χ0v) is 10.8. The monoisotopic (exact) mass is 256 g/mol. The molecule has 1 N–H and O–H groups in total. The lowest BCUT2D eigenvalue weighted by molar-refractivity contribution is -0.130. The fourth-order valence-electron chi connectivity index (χ4n) is 1.58. The molecule has 0 radical (unpaired) electrons. The number of alkyl halides is 2. The molecule has 0 aliphatic carbocycles. The Bertz CT molecular complexity index is 408. The quantitative estimate of drug-likeness (QED) is 0.876. The van der Waals surface area contributed by atoms with E-state index in [1.165, 1.54) is 17.0 Å². The molecule has 1 unspecified atom stereocenters. The van der Waals surface area contributed by atoms with E-state index in [2.05, 4.69) is 5.32 Å². The summed E-state index contributed by atoms with van der Waals surface area (Å²) in [5, 5.41) is 3.01. The first kappa shape index (κ1) is 14.6. The third-order valence-corrected chi connectivity index (χ3v) is 2.63. The summed E-state index contributed by atoms with van der Waals surface area (Å²) in [6, 6.07) is 5.85. The molecule has 0 aliphatic heterocycles. The molecule has 1 aromatic carbocycles. The average Bonchev–Trinajstić information content (AvgIpc) is 2.35. The number of carbonyl (C=O) groups excluding carboxylic acids is 1. The van der Waals surface area contributed by atoms with Crippen LogP contribution in [0.15, 0.2) is 24.3 Å². The van der Waals surface area contributed by atoms with E-state index < -0.39 is 6.43 Å². The van der Waals surface area contributed by atoms with Gasteiger partial charge < -0.3 is 10.2 Å². The second kappa shape index (κ2) is 6.44. The lowest BCUT2D eigenvalue weighted by Gasteiger charge is -2.18. The van der Waals surface area contributed by atoms with Crippen LogP contribution in [0.1, 0.15) is 24.5 Å². The molecule has 3 nitrogen and oxygen atoms in total. The van der Waals surface area contributed by atoms with Crippen molar-refractivity contribution in [1.29, 1.82) is 0 Å². The van der Waals surface area contributed by atoms with Gasteiger partial charge in [0.25, 0.3) is 6.43 Å². The molecule has 0 spiro atoms. The van der Waals surface area contributed by atoms with Gasteiger partial charge in [-0.1, -0.05) is 18.2 Å². The van der Waals surface area contributed by atoms with E-state index in [0.29, 0.717) is 6.54 Å². The summed E-state index contributed by atoms with van der Waals surface area (Å²) in [6.07, 6.45) is -2.47. The number of likely N-dealkylation sites (N-methyl/N-ethyl adjacent to an activating group) is 1. The molecule has 0 saturated heterocycles. The molecule has 1 aromatic rings. The molecule has 0 saturated carbocycles. The normalized spacial score (nSPS) is 12.6. The van der Waals surface area contributed by atoms with Gasteiger partial charge in [0.05, 0.1) is 6.04 Å². The number of nitrogens with zero attached hydrogens (tertiary/aromatic N) is 1. The summed E-state index contributed by atoms with van der Waals surface area (Å²) in [6.45, 7) is 2.14. The van der Waals surface area contributed by atoms with Gasteiger partial charge in [-0.25, -0.2) is 8.78 Å². The third-order valence-electron chi connectivity index (χ3n) is 2.63. The third kappa shape index (κ3) is 4.07. The van der Waals surface area contributed by atoms with E-state index in [1.54, 1.807) is 33.2 Å². The smallest absolute Gasteiger partial charge is 0.263 e. The van der Waals surface area contributed by atoms with Gasteiger partial charge in [0.1, 0.15) is 0 Å². The van der Waals surface area contributed by atoms with Gasteiger partial charge in [0.15, 0.2) is 0 Å². The van der Waals surface area contributed by atoms with E-state index >= 15 is 0 Å². The Labute approximate surface area is 106 Å². The molecular weight excluding hydrogens is 238 g/mol. The lowest BCUT2D eigenvalue weighted by atomic mass is 10.1. The number of carbonyl (C=O) groups is 1. The molecule has 1 rings (SSSR count). The van der Waals surface area contributed by atoms with Crippen molar-refractivity contribution in [2.45, 2.75) is 25.9 Å². The van der Waals surface area contributed by atoms with Crippen molar-refractivity contribution in [1.82, 2.24) is 10.2 Å². The van der Waals surface area contributed by atoms with Crippen molar-refractivity contribution in [3.63, 3.8) is 0 Å². The standard InChI is InChI=1S/C13H18F2N2O/c1-9(13(18)17(2)3)16-8-10-5-4-6-11(7-10)12(14)15/h4-7,9,12,16H,8H2,1-3H3. The fraction of sp³-hybridized carbons (Fsp3) is 0.462. The predicted octanol–water partition coefficient (Wildman–Crippen LogP) is 2.19. The van der Waals surface area contributed by atoms with Crippen LogP contribution in [0.25, 0.3) is 0 Å². The average molecular weight is 256 g/mol. The molecule has 1 atom stereocenters. The van der Waals surface area contributed by atoms with Crippen molar-refractivity contribution >= 4 is 5.91 Å². The number of hydrogen-bond acceptors (Lipinski definition) is 2. The summed E-state index contributed by atoms with van der Waals surface area (Å²) in [4.78, 5) is 13.1. The molecule has 0 heterocycles. The highest BCUT2D eigenvalue weighted by molar-refractivity contribution is 5.80. The van der Waals surface area contributed by atoms with Gasteiger partial charge >= 0.3 is 0 Å². The highest BCUT2D eigenvalue weighted by atomic mass is 19.3. The molecule has 0 bridgehead atoms. The Kier molecular flexibility index (Phi) is 5.22. The van der Waals surface area contributed by atoms with Crippen LogP contribution in [0.3, 0.4) is 0 Å². The van der Waals surface area contributed by atoms with E-state index in [9.17, 15) is 13.6 Å². The largest absolute Gasteiger partial charge is 0.347 e. The summed E-state index contributed by atoms with van der Waals surface area (Å²) < 4.78 is 25.0. The maximum Gasteiger partial charge on any atom is 0.263 e. The molecule has 0 aliphatic rings. The number of benzene rings is 1. The highest BCUT2D eigenvalue weighted by Gasteiger charge is 2.14. The van der Waals surface area contributed by atoms with Gasteiger partial charge in [-0.3, -0.25) is 4.79 Å². The minimum Gasteiger partial charge on any atom is -0.347 e. The van der Waals surface area contributed by atoms with Crippen molar-refractivity contribution < 1.29 is 13.6 Å². The number of halogens is 2. The Balaban J connectivity index is 2.58. The Hall–Kier alpha value is -1.49. The highest BCUT2D eigenvalue weighted by Crippen LogP contribution is 2.19. The van der Waals surface area contributed by atoms with Gasteiger partial charge in [-0.05, 0) is 18.6 Å². The van der Waals surface area contributed by atoms with E-state index in [0.717, 1.165) is 5.56 Å². The van der Waals surface area contributed by atoms with Crippen molar-refractivity contribution in [3.8, 4) is 0 Å². The van der Waals surface area contributed by atoms with E-state index in [1.807, 2.05) is 0 Å². The first-order valence-corrected chi connectivity index (χ1v) is 5.73. The van der Waals surface area contributed by atoms with Gasteiger partial charge in [0, 0.05) is 26.2 Å². The second-order valence-corrected chi connectivity index (χ2v) is 4.38. The predicted molar refractivity (Wildman–Crippen MR) is 66.4 cm³/mol. The van der Waals surface area contributed by atoms with E-state index in [-0.39, 0.29) is 17.5 Å². The zero-order chi connectivity index (χ0) is 13.7. The molecular formula is C13H18F2N2O. The SMILES string of the molecule is CC(NCc1cccc(C(F)F)c1)C(=O)N(C)C. The van der Waals surface area contributed by atoms with Gasteiger partial charge in [-0.15, -0.1) is 0 Å². The summed E-state index contributed by atoms with van der Waals surface area (Å²) in [5.41, 5.74) is 0.743. The van der Waals surface area contributed by atoms with Crippen LogP contribution in [0, 0.1) is 0 Å². The fourth-order valence-corrected chi connectivity index (χ4v) is 1.58. The van der Waals surface area contributed by atoms with Gasteiger partial charge in [0.2, 0.25) is 5.91 Å². The Morgan fingerprint density at radius 3 is 2.61 bits per heavy atom. The molecule has 100 valence electrons. The summed E-state index contributed by atoms with van der Waals surface area (Å²) in [5.74, 6) is -0.0417. The molecule has 1 amide bonds. The lowest BCUT2D eigenvalue weighted by Crippen LogP contribution is -2.41. The molecule has 0 fully saturated rings. The van der Waals surface area contributed by atoms with Crippen molar-refractivity contribution in [2.75, 3.05) is 14.1 Å². The number of amides is 1. The number of nitrogens with one attached hydrogen (secondary N) is 1. The van der Waals surface area contributed by atoms with Crippen LogP contribution in [0.4, 0.5) is 8.78 Å². The van der Waals surface area contributed by atoms with Crippen LogP contribution in [0.5, 0.6) is 0 Å². The molecule has 5 heteroatoms. The molecule has 18 heavy (non-hydrogen) atoms. The minimum absolute atomic E-state index is 0.000823. The number of rotatable bonds is 5. The minimum atomic E-state index is -2.47. The summed E-state index contributed by atoms with van der Waals surface area (Å²) in [7, 11) is 3.36. The first-order valence-electron chi connectivity index (χ1n) is 5.73. The van der Waals surface area contributed by atoms with Crippen LogP contribution in [-0.2, 0) is 11.3 Å². The van der Waals surface area contributed by atoms with Crippen LogP contribution < -0.4 is 5.32 Å². The first-order chi connectivity index (χ1) is 8.41. The van der Waals surface area contributed by atoms with Crippen LogP contribution in [-0.4, -0.2) is 30.9 Å². The Morgan fingerprint density at radius 1 is 1.39 bits per heavy atom. The van der Waals surface area contributed by atoms with E-state index in [4.69, 9.17) is 0 Å². The Morgan fingerprint density at radius 2 is 2.06 bits per heavy atom. The number of hydrogen-bond donors (Lipinski definition) is 1. The maximum absolute atomic E-state index is 12.5. The van der Waals surface area contributed by atoms with Crippen LogP contribution in [0.2, 0.25) is 0 Å². The zero-order valence-electron chi connectivity index (χ0n) is 10.8. The summed E-state index contributed by atoms with van der Waals surface area (Å²) >= 11 is 0. The van der Waals surface area contributed by atoms with Crippen molar-refractivity contribution in [2.24, 2.45) is 0 Å².